The van der Waals surface area contributed by atoms with Gasteiger partial charge < -0.3 is 19.1 Å². The molecule has 0 bridgehead atoms. The second-order valence-corrected chi connectivity index (χ2v) is 7.81. The van der Waals surface area contributed by atoms with Crippen LogP contribution in [-0.4, -0.2) is 36.1 Å². The van der Waals surface area contributed by atoms with Crippen molar-refractivity contribution in [3.63, 3.8) is 0 Å². The molecule has 0 saturated heterocycles. The smallest absolute Gasteiger partial charge is 0.225 e. The Hall–Kier alpha value is -2.28. The summed E-state index contributed by atoms with van der Waals surface area (Å²) < 4.78 is 16.6. The first-order valence-electron chi connectivity index (χ1n) is 9.11. The van der Waals surface area contributed by atoms with Crippen molar-refractivity contribution in [2.24, 2.45) is 5.92 Å². The van der Waals surface area contributed by atoms with Gasteiger partial charge in [-0.1, -0.05) is 19.9 Å². The second kappa shape index (κ2) is 8.61. The van der Waals surface area contributed by atoms with Crippen LogP contribution in [0.2, 0.25) is 0 Å². The van der Waals surface area contributed by atoms with Crippen molar-refractivity contribution in [3.8, 4) is 17.2 Å². The molecule has 2 aromatic rings. The summed E-state index contributed by atoms with van der Waals surface area (Å²) in [7, 11) is 3.20. The molecule has 146 valence electrons. The maximum absolute atomic E-state index is 12.4. The SMILES string of the molecule is COc1cccc(OC)c1OCc1nc(CN(C(=O)C(C)C)C2CC2)cs1. The predicted molar refractivity (Wildman–Crippen MR) is 104 cm³/mol. The van der Waals surface area contributed by atoms with E-state index in [0.29, 0.717) is 36.4 Å². The van der Waals surface area contributed by atoms with Crippen LogP contribution in [0, 0.1) is 5.92 Å². The maximum atomic E-state index is 12.4. The minimum Gasteiger partial charge on any atom is -0.493 e. The average Bonchev–Trinajstić information content (AvgIpc) is 3.42. The minimum absolute atomic E-state index is 0.00468. The van der Waals surface area contributed by atoms with Crippen LogP contribution in [0.3, 0.4) is 0 Å². The second-order valence-electron chi connectivity index (χ2n) is 6.86. The number of methoxy groups -OCH3 is 2. The minimum atomic E-state index is 0.00468. The van der Waals surface area contributed by atoms with Gasteiger partial charge in [0.05, 0.1) is 26.5 Å². The Morgan fingerprint density at radius 1 is 1.26 bits per heavy atom. The van der Waals surface area contributed by atoms with Gasteiger partial charge in [-0.2, -0.15) is 0 Å². The number of thiazole rings is 1. The molecular weight excluding hydrogens is 364 g/mol. The Morgan fingerprint density at radius 3 is 2.48 bits per heavy atom. The third kappa shape index (κ3) is 4.71. The molecule has 1 fully saturated rings. The lowest BCUT2D eigenvalue weighted by atomic mass is 10.2. The maximum Gasteiger partial charge on any atom is 0.225 e. The lowest BCUT2D eigenvalue weighted by Gasteiger charge is -2.23. The molecule has 0 N–H and O–H groups in total. The normalized spacial score (nSPS) is 13.5. The Morgan fingerprint density at radius 2 is 1.93 bits per heavy atom. The van der Waals surface area contributed by atoms with Crippen molar-refractivity contribution in [1.29, 1.82) is 0 Å². The van der Waals surface area contributed by atoms with E-state index in [-0.39, 0.29) is 11.8 Å². The topological polar surface area (TPSA) is 60.9 Å². The Labute approximate surface area is 164 Å². The molecule has 1 aliphatic carbocycles. The van der Waals surface area contributed by atoms with Gasteiger partial charge >= 0.3 is 0 Å². The van der Waals surface area contributed by atoms with E-state index in [4.69, 9.17) is 14.2 Å². The van der Waals surface area contributed by atoms with Crippen molar-refractivity contribution >= 4 is 17.2 Å². The summed E-state index contributed by atoms with van der Waals surface area (Å²) >= 11 is 1.53. The zero-order valence-corrected chi connectivity index (χ0v) is 17.0. The van der Waals surface area contributed by atoms with Crippen molar-refractivity contribution in [3.05, 3.63) is 34.3 Å². The molecule has 0 radical (unpaired) electrons. The number of hydrogen-bond donors (Lipinski definition) is 0. The molecule has 7 heteroatoms. The highest BCUT2D eigenvalue weighted by Crippen LogP contribution is 2.37. The van der Waals surface area contributed by atoms with Gasteiger partial charge in [0.2, 0.25) is 11.7 Å². The zero-order chi connectivity index (χ0) is 19.4. The lowest BCUT2D eigenvalue weighted by Crippen LogP contribution is -2.35. The molecule has 0 spiro atoms. The number of para-hydroxylation sites is 1. The van der Waals surface area contributed by atoms with Gasteiger partial charge in [0, 0.05) is 17.3 Å². The predicted octanol–water partition coefficient (Wildman–Crippen LogP) is 3.89. The van der Waals surface area contributed by atoms with Gasteiger partial charge in [0.1, 0.15) is 11.6 Å². The number of ether oxygens (including phenoxy) is 3. The molecule has 1 heterocycles. The van der Waals surface area contributed by atoms with Crippen molar-refractivity contribution < 1.29 is 19.0 Å². The highest BCUT2D eigenvalue weighted by molar-refractivity contribution is 7.09. The third-order valence-electron chi connectivity index (χ3n) is 4.42. The Balaban J connectivity index is 1.66. The fourth-order valence-electron chi connectivity index (χ4n) is 2.86. The number of carbonyl (C=O) groups excluding carboxylic acids is 1. The monoisotopic (exact) mass is 390 g/mol. The van der Waals surface area contributed by atoms with Crippen LogP contribution >= 0.6 is 11.3 Å². The molecule has 3 rings (SSSR count). The van der Waals surface area contributed by atoms with Gasteiger partial charge in [-0.05, 0) is 25.0 Å². The van der Waals surface area contributed by atoms with E-state index in [1.165, 1.54) is 11.3 Å². The number of amides is 1. The molecular formula is C20H26N2O4S. The highest BCUT2D eigenvalue weighted by Gasteiger charge is 2.33. The van der Waals surface area contributed by atoms with Crippen LogP contribution in [0.15, 0.2) is 23.6 Å². The van der Waals surface area contributed by atoms with E-state index >= 15 is 0 Å². The Bertz CT molecular complexity index is 764. The van der Waals surface area contributed by atoms with Crippen LogP contribution < -0.4 is 14.2 Å². The van der Waals surface area contributed by atoms with E-state index in [1.54, 1.807) is 14.2 Å². The van der Waals surface area contributed by atoms with Crippen LogP contribution in [0.5, 0.6) is 17.2 Å². The van der Waals surface area contributed by atoms with Crippen LogP contribution in [0.4, 0.5) is 0 Å². The van der Waals surface area contributed by atoms with Crippen LogP contribution in [-0.2, 0) is 17.9 Å². The van der Waals surface area contributed by atoms with Gasteiger partial charge in [0.15, 0.2) is 11.5 Å². The number of nitrogens with zero attached hydrogens (tertiary/aromatic N) is 2. The number of benzene rings is 1. The number of hydrogen-bond acceptors (Lipinski definition) is 6. The zero-order valence-electron chi connectivity index (χ0n) is 16.2. The summed E-state index contributed by atoms with van der Waals surface area (Å²) in [6.07, 6.45) is 2.18. The summed E-state index contributed by atoms with van der Waals surface area (Å²) in [5.74, 6) is 2.00. The molecule has 1 amide bonds. The fraction of sp³-hybridized carbons (Fsp3) is 0.500. The molecule has 6 nitrogen and oxygen atoms in total. The fourth-order valence-corrected chi connectivity index (χ4v) is 3.56. The van der Waals surface area contributed by atoms with Crippen LogP contribution in [0.25, 0.3) is 0 Å². The van der Waals surface area contributed by atoms with E-state index in [1.807, 2.05) is 42.3 Å². The molecule has 1 aliphatic rings. The standard InChI is InChI=1S/C20H26N2O4S/c1-13(2)20(23)22(15-8-9-15)10-14-12-27-18(21-14)11-26-19-16(24-3)6-5-7-17(19)25-4/h5-7,12-13,15H,8-11H2,1-4H3. The highest BCUT2D eigenvalue weighted by atomic mass is 32.1. The molecule has 0 atom stereocenters. The van der Waals surface area contributed by atoms with Crippen molar-refractivity contribution in [1.82, 2.24) is 9.88 Å². The molecule has 1 aromatic heterocycles. The molecule has 0 aliphatic heterocycles. The van der Waals surface area contributed by atoms with E-state index in [0.717, 1.165) is 23.5 Å². The number of rotatable bonds is 9. The molecule has 1 aromatic carbocycles. The van der Waals surface area contributed by atoms with E-state index in [9.17, 15) is 4.79 Å². The van der Waals surface area contributed by atoms with Gasteiger partial charge in [0.25, 0.3) is 0 Å². The van der Waals surface area contributed by atoms with E-state index in [2.05, 4.69) is 4.98 Å². The largest absolute Gasteiger partial charge is 0.493 e. The third-order valence-corrected chi connectivity index (χ3v) is 5.29. The van der Waals surface area contributed by atoms with Gasteiger partial charge in [-0.25, -0.2) is 4.98 Å². The number of aromatic nitrogens is 1. The first kappa shape index (κ1) is 19.5. The van der Waals surface area contributed by atoms with E-state index < -0.39 is 0 Å². The summed E-state index contributed by atoms with van der Waals surface area (Å²) in [5.41, 5.74) is 0.909. The first-order chi connectivity index (χ1) is 13.0. The average molecular weight is 391 g/mol. The quantitative estimate of drug-likeness (QED) is 0.650. The lowest BCUT2D eigenvalue weighted by molar-refractivity contribution is -0.135. The summed E-state index contributed by atoms with van der Waals surface area (Å²) in [6.45, 7) is 4.77. The molecule has 1 saturated carbocycles. The molecule has 27 heavy (non-hydrogen) atoms. The van der Waals surface area contributed by atoms with Gasteiger partial charge in [-0.3, -0.25) is 4.79 Å². The summed E-state index contributed by atoms with van der Waals surface area (Å²) in [6, 6.07) is 5.88. The van der Waals surface area contributed by atoms with Crippen molar-refractivity contribution in [2.45, 2.75) is 45.9 Å². The summed E-state index contributed by atoms with van der Waals surface area (Å²) in [5, 5.41) is 2.85. The van der Waals surface area contributed by atoms with Gasteiger partial charge in [-0.15, -0.1) is 11.3 Å². The Kier molecular flexibility index (Phi) is 6.21. The molecule has 0 unspecified atom stereocenters. The summed E-state index contributed by atoms with van der Waals surface area (Å²) in [4.78, 5) is 19.0. The van der Waals surface area contributed by atoms with Crippen molar-refractivity contribution in [2.75, 3.05) is 14.2 Å². The number of carbonyl (C=O) groups is 1. The first-order valence-corrected chi connectivity index (χ1v) is 9.99. The van der Waals surface area contributed by atoms with Crippen LogP contribution in [0.1, 0.15) is 37.4 Å².